The molecule has 0 N–H and O–H groups in total. The third kappa shape index (κ3) is 11.2. The lowest BCUT2D eigenvalue weighted by Crippen LogP contribution is -2.27. The summed E-state index contributed by atoms with van der Waals surface area (Å²) in [6, 6.07) is 13.4. The van der Waals surface area contributed by atoms with Gasteiger partial charge in [-0.25, -0.2) is 14.2 Å². The van der Waals surface area contributed by atoms with Gasteiger partial charge in [0.2, 0.25) is 5.88 Å². The van der Waals surface area contributed by atoms with Crippen molar-refractivity contribution in [3.05, 3.63) is 95.1 Å². The van der Waals surface area contributed by atoms with Crippen molar-refractivity contribution in [2.45, 2.75) is 52.4 Å². The first-order chi connectivity index (χ1) is 23.4. The second kappa shape index (κ2) is 15.9. The summed E-state index contributed by atoms with van der Waals surface area (Å²) in [4.78, 5) is 17.3. The number of pyridine rings is 1. The molecule has 0 aliphatic carbocycles. The second-order valence-electron chi connectivity index (χ2n) is 11.9. The van der Waals surface area contributed by atoms with Gasteiger partial charge in [-0.2, -0.15) is 21.6 Å². The van der Waals surface area contributed by atoms with Crippen molar-refractivity contribution in [3.8, 4) is 28.6 Å². The number of halogens is 4. The van der Waals surface area contributed by atoms with Gasteiger partial charge < -0.3 is 23.7 Å². The predicted molar refractivity (Wildman–Crippen MR) is 173 cm³/mol. The van der Waals surface area contributed by atoms with E-state index in [0.717, 1.165) is 16.9 Å². The van der Waals surface area contributed by atoms with Crippen LogP contribution in [0.15, 0.2) is 67.0 Å². The largest absolute Gasteiger partial charge is 0.497 e. The van der Waals surface area contributed by atoms with E-state index >= 15 is 0 Å². The molecule has 0 radical (unpaired) electrons. The van der Waals surface area contributed by atoms with E-state index in [9.17, 15) is 30.8 Å². The number of hydrogen-bond donors (Lipinski definition) is 0. The summed E-state index contributed by atoms with van der Waals surface area (Å²) >= 11 is 0. The van der Waals surface area contributed by atoms with Crippen molar-refractivity contribution < 1.29 is 58.6 Å². The van der Waals surface area contributed by atoms with Crippen LogP contribution in [-0.4, -0.2) is 56.2 Å². The first-order valence-electron chi connectivity index (χ1n) is 15.0. The van der Waals surface area contributed by atoms with Gasteiger partial charge in [-0.05, 0) is 56.2 Å². The van der Waals surface area contributed by atoms with Crippen molar-refractivity contribution in [2.24, 2.45) is 0 Å². The Balaban J connectivity index is 1.59. The molecule has 270 valence electrons. The average Bonchev–Trinajstić information content (AvgIpc) is 3.49. The first-order valence-corrected chi connectivity index (χ1v) is 16.8. The lowest BCUT2D eigenvalue weighted by molar-refractivity contribution is -0.137. The van der Waals surface area contributed by atoms with Gasteiger partial charge in [0.25, 0.3) is 10.1 Å². The van der Waals surface area contributed by atoms with Crippen LogP contribution in [0.25, 0.3) is 11.3 Å². The number of rotatable bonds is 14. The summed E-state index contributed by atoms with van der Waals surface area (Å²) < 4.78 is 111. The lowest BCUT2D eigenvalue weighted by Gasteiger charge is -2.21. The molecule has 0 fully saturated rings. The van der Waals surface area contributed by atoms with E-state index < -0.39 is 39.4 Å². The molecule has 4 aromatic rings. The van der Waals surface area contributed by atoms with Crippen molar-refractivity contribution in [1.82, 2.24) is 9.55 Å². The average molecular weight is 725 g/mol. The number of nitrogens with zero attached hydrogens (tertiary/aromatic N) is 2. The Bertz CT molecular complexity index is 1890. The van der Waals surface area contributed by atoms with Crippen molar-refractivity contribution in [1.29, 1.82) is 0 Å². The molecule has 0 saturated heterocycles. The van der Waals surface area contributed by atoms with Crippen LogP contribution in [0.3, 0.4) is 0 Å². The van der Waals surface area contributed by atoms with E-state index in [0.29, 0.717) is 23.1 Å². The molecular weight excluding hydrogens is 688 g/mol. The Kier molecular flexibility index (Phi) is 12.1. The molecule has 0 aliphatic rings. The molecule has 4 rings (SSSR count). The quantitative estimate of drug-likeness (QED) is 0.0753. The molecule has 0 saturated carbocycles. The van der Waals surface area contributed by atoms with Crippen molar-refractivity contribution in [2.75, 3.05) is 26.6 Å². The van der Waals surface area contributed by atoms with Crippen LogP contribution in [0.5, 0.6) is 17.4 Å². The first kappa shape index (κ1) is 38.1. The molecule has 2 heterocycles. The van der Waals surface area contributed by atoms with Crippen LogP contribution >= 0.6 is 0 Å². The van der Waals surface area contributed by atoms with Crippen LogP contribution in [0, 0.1) is 5.82 Å². The molecule has 0 spiro atoms. The zero-order valence-electron chi connectivity index (χ0n) is 27.9. The highest BCUT2D eigenvalue weighted by atomic mass is 32.2. The number of alkyl halides is 3. The molecule has 2 aromatic heterocycles. The summed E-state index contributed by atoms with van der Waals surface area (Å²) in [5.74, 6) is 0.0648. The number of aromatic nitrogens is 2. The number of hydrogen-bond acceptors (Lipinski definition) is 10. The van der Waals surface area contributed by atoms with E-state index in [1.165, 1.54) is 31.5 Å². The van der Waals surface area contributed by atoms with Crippen LogP contribution < -0.4 is 14.2 Å². The molecule has 0 bridgehead atoms. The zero-order chi connectivity index (χ0) is 36.7. The normalized spacial score (nSPS) is 12.1. The molecule has 0 atom stereocenters. The summed E-state index contributed by atoms with van der Waals surface area (Å²) in [6.45, 7) is 4.20. The highest BCUT2D eigenvalue weighted by Crippen LogP contribution is 2.38. The minimum atomic E-state index is -4.77. The molecule has 0 unspecified atom stereocenters. The Labute approximate surface area is 286 Å². The summed E-state index contributed by atoms with van der Waals surface area (Å²) in [7, 11) is -2.09. The molecule has 0 amide bonds. The van der Waals surface area contributed by atoms with Gasteiger partial charge in [-0.15, -0.1) is 0 Å². The third-order valence-corrected chi connectivity index (χ3v) is 7.29. The molecular formula is C34H36F4N2O9S. The Morgan fingerprint density at radius 3 is 2.20 bits per heavy atom. The summed E-state index contributed by atoms with van der Waals surface area (Å²) in [6.07, 6.45) is -3.04. The molecule has 11 nitrogen and oxygen atoms in total. The SMILES string of the molecule is COc1ccc(COc2cc(OCc3ccc(COCCOS(C)(=O)=O)c(F)c3)ncc2-c2cc(C(F)(F)F)cn2C(=O)OC(C)(C)C)cc1. The van der Waals surface area contributed by atoms with Crippen LogP contribution in [0.2, 0.25) is 0 Å². The van der Waals surface area contributed by atoms with Gasteiger partial charge in [0.15, 0.2) is 0 Å². The van der Waals surface area contributed by atoms with E-state index in [1.807, 2.05) is 0 Å². The highest BCUT2D eigenvalue weighted by Gasteiger charge is 2.35. The van der Waals surface area contributed by atoms with Crippen LogP contribution in [0.4, 0.5) is 22.4 Å². The van der Waals surface area contributed by atoms with Gasteiger partial charge in [-0.3, -0.25) is 8.75 Å². The monoisotopic (exact) mass is 724 g/mol. The predicted octanol–water partition coefficient (Wildman–Crippen LogP) is 7.15. The second-order valence-corrected chi connectivity index (χ2v) is 13.6. The standard InChI is InChI=1S/C34H36F4N2O9S/c1-33(2,3)49-32(41)40-18-25(34(36,37)38)15-29(40)27-17-39-31(16-30(27)46-19-22-7-10-26(44-4)11-8-22)47-20-23-6-9-24(28(35)14-23)21-45-12-13-48-50(5,42)43/h6-11,14-18H,12-13,19-21H2,1-5H3. The van der Waals surface area contributed by atoms with E-state index in [-0.39, 0.29) is 61.5 Å². The Hall–Kier alpha value is -4.67. The van der Waals surface area contributed by atoms with Gasteiger partial charge in [-0.1, -0.05) is 24.3 Å². The van der Waals surface area contributed by atoms with E-state index in [2.05, 4.69) is 9.17 Å². The molecule has 50 heavy (non-hydrogen) atoms. The van der Waals surface area contributed by atoms with Crippen LogP contribution in [-0.2, 0) is 49.8 Å². The fourth-order valence-corrected chi connectivity index (χ4v) is 4.73. The van der Waals surface area contributed by atoms with Gasteiger partial charge in [0.05, 0.1) is 50.0 Å². The summed E-state index contributed by atoms with van der Waals surface area (Å²) in [5.41, 5.74) is -0.874. The fourth-order valence-electron chi connectivity index (χ4n) is 4.36. The number of carbonyl (C=O) groups excluding carboxylic acids is 1. The topological polar surface area (TPSA) is 124 Å². The van der Waals surface area contributed by atoms with E-state index in [1.54, 1.807) is 51.1 Å². The number of carbonyl (C=O) groups is 1. The van der Waals surface area contributed by atoms with Gasteiger partial charge in [0, 0.05) is 24.0 Å². The van der Waals surface area contributed by atoms with Crippen molar-refractivity contribution >= 4 is 16.2 Å². The Morgan fingerprint density at radius 1 is 0.900 bits per heavy atom. The lowest BCUT2D eigenvalue weighted by atomic mass is 10.1. The van der Waals surface area contributed by atoms with Gasteiger partial charge in [0.1, 0.15) is 36.1 Å². The number of benzene rings is 2. The highest BCUT2D eigenvalue weighted by molar-refractivity contribution is 7.85. The zero-order valence-corrected chi connectivity index (χ0v) is 28.7. The third-order valence-electron chi connectivity index (χ3n) is 6.69. The number of ether oxygens (including phenoxy) is 5. The van der Waals surface area contributed by atoms with Crippen LogP contribution in [0.1, 0.15) is 43.0 Å². The Morgan fingerprint density at radius 2 is 1.58 bits per heavy atom. The van der Waals surface area contributed by atoms with Crippen molar-refractivity contribution in [3.63, 3.8) is 0 Å². The molecule has 2 aromatic carbocycles. The maximum Gasteiger partial charge on any atom is 0.419 e. The van der Waals surface area contributed by atoms with Gasteiger partial charge >= 0.3 is 12.3 Å². The fraction of sp³-hybridized carbons (Fsp3) is 0.353. The van der Waals surface area contributed by atoms with E-state index in [4.69, 9.17) is 23.7 Å². The minimum Gasteiger partial charge on any atom is -0.497 e. The number of methoxy groups -OCH3 is 1. The maximum absolute atomic E-state index is 14.8. The maximum atomic E-state index is 14.8. The molecule has 0 aliphatic heterocycles. The smallest absolute Gasteiger partial charge is 0.419 e. The summed E-state index contributed by atoms with van der Waals surface area (Å²) in [5, 5.41) is 0. The molecule has 16 heteroatoms. The minimum absolute atomic E-state index is 0.00333.